The van der Waals surface area contributed by atoms with Crippen molar-refractivity contribution in [2.75, 3.05) is 38.3 Å². The van der Waals surface area contributed by atoms with Crippen molar-refractivity contribution in [1.29, 1.82) is 0 Å². The Balaban J connectivity index is 1.27. The first-order chi connectivity index (χ1) is 16.4. The van der Waals surface area contributed by atoms with E-state index in [-0.39, 0.29) is 11.3 Å². The summed E-state index contributed by atoms with van der Waals surface area (Å²) in [5.74, 6) is 1.29. The van der Waals surface area contributed by atoms with Crippen LogP contribution < -0.4 is 10.2 Å². The number of fused-ring (bicyclic) bond motifs is 2. The number of hydrogen-bond donors (Lipinski definition) is 1. The van der Waals surface area contributed by atoms with Crippen LogP contribution in [-0.4, -0.2) is 54.0 Å². The second-order valence-electron chi connectivity index (χ2n) is 10.3. The van der Waals surface area contributed by atoms with Gasteiger partial charge in [-0.15, -0.1) is 5.10 Å². The van der Waals surface area contributed by atoms with Gasteiger partial charge in [0.1, 0.15) is 5.60 Å². The van der Waals surface area contributed by atoms with Crippen LogP contribution in [0.5, 0.6) is 0 Å². The molecule has 3 aromatic rings. The lowest BCUT2D eigenvalue weighted by atomic mass is 9.63. The minimum atomic E-state index is -0.524. The van der Waals surface area contributed by atoms with Crippen LogP contribution in [0.1, 0.15) is 36.7 Å². The highest BCUT2D eigenvalue weighted by Gasteiger charge is 2.64. The molecule has 1 aromatic carbocycles. The third-order valence-corrected chi connectivity index (χ3v) is 8.23. The van der Waals surface area contributed by atoms with Gasteiger partial charge in [-0.3, -0.25) is 0 Å². The zero-order valence-corrected chi connectivity index (χ0v) is 20.0. The Bertz CT molecular complexity index is 1240. The maximum absolute atomic E-state index is 11.6. The van der Waals surface area contributed by atoms with Gasteiger partial charge >= 0.3 is 6.09 Å². The molecule has 1 amide bonds. The van der Waals surface area contributed by atoms with Crippen LogP contribution in [0.3, 0.4) is 0 Å². The first-order valence-corrected chi connectivity index (χ1v) is 12.1. The summed E-state index contributed by atoms with van der Waals surface area (Å²) in [6, 6.07) is 13.0. The molecule has 8 nitrogen and oxygen atoms in total. The summed E-state index contributed by atoms with van der Waals surface area (Å²) in [5.41, 5.74) is 4.12. The number of pyridine rings is 1. The van der Waals surface area contributed by atoms with Gasteiger partial charge in [0.05, 0.1) is 25.6 Å². The maximum atomic E-state index is 11.6. The monoisotopic (exact) mass is 461 g/mol. The van der Waals surface area contributed by atoms with Gasteiger partial charge in [0, 0.05) is 31.0 Å². The number of carbonyl (C=O) groups is 1. The lowest BCUT2D eigenvalue weighted by molar-refractivity contribution is -0.0632. The topological polar surface area (TPSA) is 81.0 Å². The summed E-state index contributed by atoms with van der Waals surface area (Å²) >= 11 is 0. The number of amides is 1. The molecular formula is C26H31N5O3. The largest absolute Gasteiger partial charge is 0.453 e. The molecule has 1 aliphatic carbocycles. The van der Waals surface area contributed by atoms with Gasteiger partial charge in [0.2, 0.25) is 0 Å². The third-order valence-electron chi connectivity index (χ3n) is 8.23. The quantitative estimate of drug-likeness (QED) is 0.627. The van der Waals surface area contributed by atoms with Gasteiger partial charge in [0.15, 0.2) is 11.5 Å². The van der Waals surface area contributed by atoms with Crippen molar-refractivity contribution in [2.45, 2.75) is 37.7 Å². The van der Waals surface area contributed by atoms with E-state index in [1.807, 2.05) is 4.52 Å². The van der Waals surface area contributed by atoms with Crippen LogP contribution in [0.4, 0.5) is 10.5 Å². The molecule has 0 spiro atoms. The van der Waals surface area contributed by atoms with E-state index in [4.69, 9.17) is 19.6 Å². The highest BCUT2D eigenvalue weighted by atomic mass is 16.5. The summed E-state index contributed by atoms with van der Waals surface area (Å²) in [4.78, 5) is 19.0. The van der Waals surface area contributed by atoms with Crippen LogP contribution in [-0.2, 0) is 20.5 Å². The number of benzene rings is 1. The fourth-order valence-electron chi connectivity index (χ4n) is 6.16. The lowest BCUT2D eigenvalue weighted by Crippen LogP contribution is -2.51. The molecule has 2 bridgehead atoms. The summed E-state index contributed by atoms with van der Waals surface area (Å²) < 4.78 is 12.9. The van der Waals surface area contributed by atoms with Crippen LogP contribution >= 0.6 is 0 Å². The second-order valence-corrected chi connectivity index (χ2v) is 10.3. The molecule has 1 N–H and O–H groups in total. The molecule has 1 saturated carbocycles. The standard InChI is InChI=1S/C26H31N5O3/c1-17-11-20(30-10-9-25(2,16-30)19-7-5-4-6-8-19)14-31-22(17)28-23(29-31)26-12-18(15-34-26)21(26)13-27-24(32)33-3/h4-8,11,14,18,21H,9-10,12-13,15-16H2,1-3H3,(H,27,32)/t18?,21?,25-,26?/m0/s1. The first kappa shape index (κ1) is 21.4. The number of aryl methyl sites for hydroxylation is 1. The third kappa shape index (κ3) is 3.19. The van der Waals surface area contributed by atoms with Crippen molar-refractivity contribution in [3.05, 3.63) is 59.5 Å². The molecule has 3 aliphatic heterocycles. The highest BCUT2D eigenvalue weighted by molar-refractivity contribution is 5.67. The zero-order valence-electron chi connectivity index (χ0n) is 20.0. The zero-order chi connectivity index (χ0) is 23.5. The SMILES string of the molecule is COC(=O)NCC1C2COC1(c1nc3c(C)cc(N4CC[C@](C)(c5ccccc5)C4)cn3n1)C2. The summed E-state index contributed by atoms with van der Waals surface area (Å²) in [7, 11) is 1.38. The fourth-order valence-corrected chi connectivity index (χ4v) is 6.16. The average Bonchev–Trinajstić information content (AvgIpc) is 3.61. The number of anilines is 1. The van der Waals surface area contributed by atoms with E-state index >= 15 is 0 Å². The predicted molar refractivity (Wildman–Crippen MR) is 128 cm³/mol. The fraction of sp³-hybridized carbons (Fsp3) is 0.500. The Hall–Kier alpha value is -3.13. The minimum Gasteiger partial charge on any atom is -0.453 e. The van der Waals surface area contributed by atoms with Crippen LogP contribution in [0.2, 0.25) is 0 Å². The molecule has 4 atom stereocenters. The number of nitrogens with one attached hydrogen (secondary N) is 1. The van der Waals surface area contributed by atoms with E-state index in [0.29, 0.717) is 24.9 Å². The number of aromatic nitrogens is 3. The van der Waals surface area contributed by atoms with E-state index in [9.17, 15) is 4.79 Å². The van der Waals surface area contributed by atoms with Crippen molar-refractivity contribution < 1.29 is 14.3 Å². The van der Waals surface area contributed by atoms with Crippen LogP contribution in [0, 0.1) is 18.8 Å². The summed E-state index contributed by atoms with van der Waals surface area (Å²) in [5, 5.41) is 7.73. The van der Waals surface area contributed by atoms with E-state index in [2.05, 4.69) is 66.7 Å². The molecule has 3 saturated heterocycles. The van der Waals surface area contributed by atoms with Crippen molar-refractivity contribution >= 4 is 17.4 Å². The normalized spacial score (nSPS) is 29.9. The smallest absolute Gasteiger partial charge is 0.406 e. The Morgan fingerprint density at radius 3 is 2.91 bits per heavy atom. The molecule has 5 heterocycles. The van der Waals surface area contributed by atoms with E-state index in [1.54, 1.807) is 0 Å². The molecule has 2 aromatic heterocycles. The highest BCUT2D eigenvalue weighted by Crippen LogP contribution is 2.58. The molecule has 34 heavy (non-hydrogen) atoms. The van der Waals surface area contributed by atoms with Crippen molar-refractivity contribution in [3.63, 3.8) is 0 Å². The van der Waals surface area contributed by atoms with Gasteiger partial charge in [-0.05, 0) is 42.9 Å². The maximum Gasteiger partial charge on any atom is 0.406 e. The Morgan fingerprint density at radius 2 is 2.15 bits per heavy atom. The van der Waals surface area contributed by atoms with Crippen molar-refractivity contribution in [3.8, 4) is 0 Å². The van der Waals surface area contributed by atoms with Gasteiger partial charge in [-0.25, -0.2) is 14.3 Å². The lowest BCUT2D eigenvalue weighted by Gasteiger charge is -2.42. The van der Waals surface area contributed by atoms with Gasteiger partial charge in [-0.1, -0.05) is 37.3 Å². The Labute approximate surface area is 199 Å². The van der Waals surface area contributed by atoms with Crippen molar-refractivity contribution in [2.24, 2.45) is 11.8 Å². The van der Waals surface area contributed by atoms with Crippen molar-refractivity contribution in [1.82, 2.24) is 19.9 Å². The van der Waals surface area contributed by atoms with E-state index in [0.717, 1.165) is 37.1 Å². The number of ether oxygens (including phenoxy) is 2. The summed E-state index contributed by atoms with van der Waals surface area (Å²) in [6.45, 7) is 7.61. The van der Waals surface area contributed by atoms with E-state index < -0.39 is 11.7 Å². The molecule has 3 unspecified atom stereocenters. The Morgan fingerprint density at radius 1 is 1.32 bits per heavy atom. The first-order valence-electron chi connectivity index (χ1n) is 12.1. The Kier molecular flexibility index (Phi) is 4.85. The number of carbonyl (C=O) groups excluding carboxylic acids is 1. The number of nitrogens with zero attached hydrogens (tertiary/aromatic N) is 4. The molecule has 4 fully saturated rings. The van der Waals surface area contributed by atoms with Crippen LogP contribution in [0.25, 0.3) is 5.65 Å². The van der Waals surface area contributed by atoms with Gasteiger partial charge in [-0.2, -0.15) is 0 Å². The average molecular weight is 462 g/mol. The molecule has 0 radical (unpaired) electrons. The molecule has 4 aliphatic rings. The number of hydrogen-bond acceptors (Lipinski definition) is 6. The number of methoxy groups -OCH3 is 1. The van der Waals surface area contributed by atoms with Crippen LogP contribution in [0.15, 0.2) is 42.6 Å². The minimum absolute atomic E-state index is 0.134. The summed E-state index contributed by atoms with van der Waals surface area (Å²) in [6.07, 6.45) is 3.69. The predicted octanol–water partition coefficient (Wildman–Crippen LogP) is 3.42. The molecular weight excluding hydrogens is 430 g/mol. The second kappa shape index (κ2) is 7.70. The number of rotatable bonds is 5. The van der Waals surface area contributed by atoms with Gasteiger partial charge in [0.25, 0.3) is 0 Å². The van der Waals surface area contributed by atoms with Gasteiger partial charge < -0.3 is 19.7 Å². The molecule has 178 valence electrons. The molecule has 8 heteroatoms. The number of alkyl carbamates (subject to hydrolysis) is 1. The van der Waals surface area contributed by atoms with E-state index in [1.165, 1.54) is 18.4 Å². The molecule has 7 rings (SSSR count).